The van der Waals surface area contributed by atoms with Gasteiger partial charge in [-0.3, -0.25) is 19.4 Å². The lowest BCUT2D eigenvalue weighted by Crippen LogP contribution is -2.39. The number of benzene rings is 2. The molecule has 0 saturated heterocycles. The maximum Gasteiger partial charge on any atom is 0.419 e. The lowest BCUT2D eigenvalue weighted by atomic mass is 10.1. The summed E-state index contributed by atoms with van der Waals surface area (Å²) in [7, 11) is 0. The first-order valence-corrected chi connectivity index (χ1v) is 14.4. The van der Waals surface area contributed by atoms with Crippen molar-refractivity contribution in [2.45, 2.75) is 32.2 Å². The van der Waals surface area contributed by atoms with Gasteiger partial charge in [0.2, 0.25) is 6.79 Å². The van der Waals surface area contributed by atoms with Crippen LogP contribution in [0.4, 0.5) is 16.3 Å². The number of amidine groups is 1. The third-order valence-electron chi connectivity index (χ3n) is 7.30. The molecule has 14 nitrogen and oxygen atoms in total. The number of hydrogen-bond acceptors (Lipinski definition) is 11. The van der Waals surface area contributed by atoms with Gasteiger partial charge in [0.1, 0.15) is 23.4 Å². The van der Waals surface area contributed by atoms with Gasteiger partial charge in [0.15, 0.2) is 5.82 Å². The van der Waals surface area contributed by atoms with Crippen LogP contribution in [0.5, 0.6) is 5.75 Å². The summed E-state index contributed by atoms with van der Waals surface area (Å²) in [5, 5.41) is 19.6. The predicted molar refractivity (Wildman–Crippen MR) is 165 cm³/mol. The molecule has 6 rings (SSSR count). The number of aromatic nitrogens is 3. The zero-order chi connectivity index (χ0) is 32.2. The first kappa shape index (κ1) is 30.0. The SMILES string of the molecule is Cc1ccc(C(=O)NC2=NCC=C2)cc1Nc1ncnn2cc(C(=O)N(C(=O)OCOC(=O)Cc3ccc(O)cc3)C3CC3)cc12. The molecule has 3 heterocycles. The molecule has 2 aromatic carbocycles. The summed E-state index contributed by atoms with van der Waals surface area (Å²) in [5.41, 5.74) is 3.12. The van der Waals surface area contributed by atoms with Crippen LogP contribution in [0, 0.1) is 6.92 Å². The van der Waals surface area contributed by atoms with E-state index in [0.717, 1.165) is 10.5 Å². The second kappa shape index (κ2) is 12.9. The van der Waals surface area contributed by atoms with Gasteiger partial charge in [-0.1, -0.05) is 24.3 Å². The quantitative estimate of drug-likeness (QED) is 0.184. The average molecular weight is 624 g/mol. The fourth-order valence-electron chi connectivity index (χ4n) is 4.72. The van der Waals surface area contributed by atoms with Gasteiger partial charge in [-0.05, 0) is 67.3 Å². The number of phenolic OH excluding ortho intramolecular Hbond substituents is 1. The van der Waals surface area contributed by atoms with E-state index in [1.54, 1.807) is 42.5 Å². The van der Waals surface area contributed by atoms with Gasteiger partial charge in [-0.15, -0.1) is 0 Å². The van der Waals surface area contributed by atoms with E-state index in [1.807, 2.05) is 13.0 Å². The van der Waals surface area contributed by atoms with Crippen LogP contribution in [-0.2, 0) is 20.7 Å². The average Bonchev–Trinajstić information content (AvgIpc) is 3.53. The number of amides is 3. The first-order valence-electron chi connectivity index (χ1n) is 14.4. The highest BCUT2D eigenvalue weighted by Gasteiger charge is 2.39. The third kappa shape index (κ3) is 6.85. The minimum absolute atomic E-state index is 0.0709. The van der Waals surface area contributed by atoms with Crippen LogP contribution in [0.2, 0.25) is 0 Å². The minimum atomic E-state index is -0.936. The monoisotopic (exact) mass is 623 g/mol. The van der Waals surface area contributed by atoms with Gasteiger partial charge in [0.25, 0.3) is 11.8 Å². The number of nitrogens with one attached hydrogen (secondary N) is 2. The fraction of sp³-hybridized carbons (Fsp3) is 0.219. The number of fused-ring (bicyclic) bond motifs is 1. The van der Waals surface area contributed by atoms with Crippen molar-refractivity contribution in [3.63, 3.8) is 0 Å². The van der Waals surface area contributed by atoms with Crippen molar-refractivity contribution >= 4 is 46.7 Å². The van der Waals surface area contributed by atoms with Crippen LogP contribution >= 0.6 is 0 Å². The molecular weight excluding hydrogens is 594 g/mol. The molecule has 0 unspecified atom stereocenters. The van der Waals surface area contributed by atoms with Gasteiger partial charge in [-0.25, -0.2) is 19.2 Å². The van der Waals surface area contributed by atoms with Gasteiger partial charge in [0, 0.05) is 23.5 Å². The molecule has 0 atom stereocenters. The highest BCUT2D eigenvalue weighted by Crippen LogP contribution is 2.30. The molecule has 1 fully saturated rings. The van der Waals surface area contributed by atoms with Crippen molar-refractivity contribution in [3.8, 4) is 5.75 Å². The Balaban J connectivity index is 1.13. The molecule has 0 bridgehead atoms. The number of aromatic hydroxyl groups is 1. The fourth-order valence-corrected chi connectivity index (χ4v) is 4.72. The van der Waals surface area contributed by atoms with E-state index >= 15 is 0 Å². The number of carbonyl (C=O) groups excluding carboxylic acids is 4. The minimum Gasteiger partial charge on any atom is -0.508 e. The van der Waals surface area contributed by atoms with Gasteiger partial charge in [-0.2, -0.15) is 5.10 Å². The van der Waals surface area contributed by atoms with Gasteiger partial charge >= 0.3 is 12.1 Å². The zero-order valence-electron chi connectivity index (χ0n) is 24.7. The Hall–Kier alpha value is -6.05. The van der Waals surface area contributed by atoms with Crippen molar-refractivity contribution in [3.05, 3.63) is 95.5 Å². The Kier molecular flexibility index (Phi) is 8.41. The Morgan fingerprint density at radius 3 is 2.59 bits per heavy atom. The molecule has 1 aliphatic heterocycles. The van der Waals surface area contributed by atoms with Crippen LogP contribution in [0.3, 0.4) is 0 Å². The smallest absolute Gasteiger partial charge is 0.419 e. The summed E-state index contributed by atoms with van der Waals surface area (Å²) in [6, 6.07) is 12.5. The number of rotatable bonds is 9. The van der Waals surface area contributed by atoms with Crippen molar-refractivity contribution in [1.82, 2.24) is 24.8 Å². The number of nitrogens with zero attached hydrogens (tertiary/aromatic N) is 5. The number of ether oxygens (including phenoxy) is 2. The maximum absolute atomic E-state index is 13.5. The number of phenols is 1. The van der Waals surface area contributed by atoms with Crippen LogP contribution in [0.15, 0.2) is 78.2 Å². The van der Waals surface area contributed by atoms with Crippen molar-refractivity contribution in [2.75, 3.05) is 18.7 Å². The molecule has 14 heteroatoms. The Labute approximate surface area is 262 Å². The molecule has 46 heavy (non-hydrogen) atoms. The molecule has 1 saturated carbocycles. The summed E-state index contributed by atoms with van der Waals surface area (Å²) in [6.07, 6.45) is 6.62. The molecule has 234 valence electrons. The normalized spacial score (nSPS) is 13.6. The lowest BCUT2D eigenvalue weighted by Gasteiger charge is -2.19. The van der Waals surface area contributed by atoms with E-state index < -0.39 is 24.8 Å². The van der Waals surface area contributed by atoms with Crippen LogP contribution in [0.1, 0.15) is 44.7 Å². The van der Waals surface area contributed by atoms with E-state index in [1.165, 1.54) is 29.2 Å². The molecule has 1 aliphatic carbocycles. The van der Waals surface area contributed by atoms with E-state index in [-0.39, 0.29) is 29.7 Å². The number of aryl methyl sites for hydroxylation is 1. The molecule has 2 aromatic heterocycles. The summed E-state index contributed by atoms with van der Waals surface area (Å²) in [4.78, 5) is 61.0. The number of anilines is 2. The van der Waals surface area contributed by atoms with Crippen LogP contribution < -0.4 is 10.6 Å². The number of esters is 1. The molecule has 0 radical (unpaired) electrons. The van der Waals surface area contributed by atoms with Gasteiger partial charge in [0.05, 0.1) is 18.5 Å². The van der Waals surface area contributed by atoms with Gasteiger partial charge < -0.3 is 25.2 Å². The zero-order valence-corrected chi connectivity index (χ0v) is 24.7. The van der Waals surface area contributed by atoms with Crippen LogP contribution in [-0.4, -0.2) is 73.7 Å². The van der Waals surface area contributed by atoms with Crippen molar-refractivity contribution in [2.24, 2.45) is 4.99 Å². The second-order valence-corrected chi connectivity index (χ2v) is 10.7. The largest absolute Gasteiger partial charge is 0.508 e. The van der Waals surface area contributed by atoms with E-state index in [4.69, 9.17) is 9.47 Å². The Bertz CT molecular complexity index is 1890. The number of aliphatic imine (C=N–C) groups is 1. The number of imide groups is 1. The summed E-state index contributed by atoms with van der Waals surface area (Å²) in [5.74, 6) is -0.602. The van der Waals surface area contributed by atoms with Crippen LogP contribution in [0.25, 0.3) is 5.52 Å². The third-order valence-corrected chi connectivity index (χ3v) is 7.30. The van der Waals surface area contributed by atoms with E-state index in [9.17, 15) is 24.3 Å². The molecule has 4 aromatic rings. The Morgan fingerprint density at radius 1 is 1.04 bits per heavy atom. The first-order chi connectivity index (χ1) is 22.2. The lowest BCUT2D eigenvalue weighted by molar-refractivity contribution is -0.151. The molecule has 2 aliphatic rings. The van der Waals surface area contributed by atoms with E-state index in [0.29, 0.717) is 53.4 Å². The predicted octanol–water partition coefficient (Wildman–Crippen LogP) is 3.67. The Morgan fingerprint density at radius 2 is 1.85 bits per heavy atom. The standard InChI is InChI=1S/C32H29N7O7/c1-19-4-7-21(30(42)37-27-3-2-12-33-27)14-25(19)36-29-26-15-22(16-38(26)35-17-34-29)31(43)39(23-8-9-23)32(44)46-18-45-28(41)13-20-5-10-24(40)11-6-20/h2-7,10-11,14-17,23,40H,8-9,12-13,18H2,1H3,(H,33,37,42)(H,34,35,36). The molecule has 3 amide bonds. The summed E-state index contributed by atoms with van der Waals surface area (Å²) >= 11 is 0. The summed E-state index contributed by atoms with van der Waals surface area (Å²) < 4.78 is 11.6. The number of carbonyl (C=O) groups is 4. The molecule has 3 N–H and O–H groups in total. The summed E-state index contributed by atoms with van der Waals surface area (Å²) in [6.45, 7) is 1.74. The van der Waals surface area contributed by atoms with Crippen molar-refractivity contribution < 1.29 is 33.8 Å². The molecular formula is C32H29N7O7. The van der Waals surface area contributed by atoms with Crippen molar-refractivity contribution in [1.29, 1.82) is 0 Å². The second-order valence-electron chi connectivity index (χ2n) is 10.7. The highest BCUT2D eigenvalue weighted by atomic mass is 16.7. The molecule has 0 spiro atoms. The highest BCUT2D eigenvalue weighted by molar-refractivity contribution is 6.11. The van der Waals surface area contributed by atoms with E-state index in [2.05, 4.69) is 25.7 Å². The number of hydrogen-bond donors (Lipinski definition) is 3. The topological polar surface area (TPSA) is 177 Å². The maximum atomic E-state index is 13.5.